The van der Waals surface area contributed by atoms with E-state index in [4.69, 9.17) is 4.42 Å². The van der Waals surface area contributed by atoms with Gasteiger partial charge in [0.2, 0.25) is 5.76 Å². The van der Waals surface area contributed by atoms with Crippen LogP contribution in [0.4, 0.5) is 5.69 Å². The molecule has 1 aliphatic rings. The summed E-state index contributed by atoms with van der Waals surface area (Å²) in [5.41, 5.74) is 3.34. The summed E-state index contributed by atoms with van der Waals surface area (Å²) in [6, 6.07) is 20.2. The summed E-state index contributed by atoms with van der Waals surface area (Å²) in [4.78, 5) is 28.8. The summed E-state index contributed by atoms with van der Waals surface area (Å²) < 4.78 is 7.71. The summed E-state index contributed by atoms with van der Waals surface area (Å²) in [5, 5.41) is 0.450. The molecule has 0 N–H and O–H groups in total. The van der Waals surface area contributed by atoms with Gasteiger partial charge in [-0.15, -0.1) is 0 Å². The van der Waals surface area contributed by atoms with E-state index in [1.54, 1.807) is 23.1 Å². The van der Waals surface area contributed by atoms with E-state index >= 15 is 0 Å². The van der Waals surface area contributed by atoms with Gasteiger partial charge < -0.3 is 4.42 Å². The van der Waals surface area contributed by atoms with Crippen molar-refractivity contribution >= 4 is 54.4 Å². The SMILES string of the molecule is CCc1ccc(N2C(=O)c3oc4ccc(Br)cc4c(=O)c3C2c2ccc(Br)cc2)cc1. The van der Waals surface area contributed by atoms with Gasteiger partial charge in [-0.1, -0.05) is 63.0 Å². The number of nitrogens with zero attached hydrogens (tertiary/aromatic N) is 1. The number of aryl methyl sites for hydroxylation is 1. The third-order valence-electron chi connectivity index (χ3n) is 5.64. The Morgan fingerprint density at radius 2 is 1.58 bits per heavy atom. The highest BCUT2D eigenvalue weighted by Crippen LogP contribution is 2.41. The zero-order valence-corrected chi connectivity index (χ0v) is 19.7. The number of hydrogen-bond donors (Lipinski definition) is 0. The molecule has 1 amide bonds. The van der Waals surface area contributed by atoms with Crippen LogP contribution in [0.5, 0.6) is 0 Å². The number of halogens is 2. The Morgan fingerprint density at radius 1 is 0.903 bits per heavy atom. The van der Waals surface area contributed by atoms with Crippen LogP contribution in [0.25, 0.3) is 11.0 Å². The maximum atomic E-state index is 13.6. The molecule has 2 heterocycles. The van der Waals surface area contributed by atoms with Crippen molar-refractivity contribution < 1.29 is 9.21 Å². The first-order chi connectivity index (χ1) is 15.0. The Balaban J connectivity index is 1.78. The van der Waals surface area contributed by atoms with Crippen LogP contribution in [0.2, 0.25) is 0 Å². The predicted octanol–water partition coefficient (Wildman–Crippen LogP) is 6.63. The average Bonchev–Trinajstić information content (AvgIpc) is 3.07. The van der Waals surface area contributed by atoms with E-state index in [1.807, 2.05) is 48.5 Å². The van der Waals surface area contributed by atoms with Gasteiger partial charge in [-0.05, 0) is 60.0 Å². The van der Waals surface area contributed by atoms with Crippen molar-refractivity contribution in [1.29, 1.82) is 0 Å². The lowest BCUT2D eigenvalue weighted by Gasteiger charge is -2.25. The van der Waals surface area contributed by atoms with E-state index in [0.717, 1.165) is 26.6 Å². The van der Waals surface area contributed by atoms with E-state index in [1.165, 1.54) is 5.56 Å². The molecule has 4 aromatic rings. The minimum Gasteiger partial charge on any atom is -0.450 e. The topological polar surface area (TPSA) is 50.5 Å². The van der Waals surface area contributed by atoms with Crippen LogP contribution >= 0.6 is 31.9 Å². The fourth-order valence-electron chi connectivity index (χ4n) is 4.06. The smallest absolute Gasteiger partial charge is 0.295 e. The first-order valence-corrected chi connectivity index (χ1v) is 11.5. The van der Waals surface area contributed by atoms with E-state index in [-0.39, 0.29) is 17.1 Å². The lowest BCUT2D eigenvalue weighted by Crippen LogP contribution is -2.29. The highest BCUT2D eigenvalue weighted by Gasteiger charge is 2.43. The second-order valence-electron chi connectivity index (χ2n) is 7.46. The summed E-state index contributed by atoms with van der Waals surface area (Å²) in [6.45, 7) is 2.09. The van der Waals surface area contributed by atoms with Gasteiger partial charge in [0, 0.05) is 14.6 Å². The fourth-order valence-corrected chi connectivity index (χ4v) is 4.69. The molecule has 1 atom stereocenters. The number of rotatable bonds is 3. The van der Waals surface area contributed by atoms with Gasteiger partial charge in [-0.3, -0.25) is 14.5 Å². The molecule has 5 rings (SSSR count). The highest BCUT2D eigenvalue weighted by atomic mass is 79.9. The van der Waals surface area contributed by atoms with Gasteiger partial charge >= 0.3 is 0 Å². The molecule has 0 fully saturated rings. The minimum atomic E-state index is -0.567. The van der Waals surface area contributed by atoms with Crippen molar-refractivity contribution in [1.82, 2.24) is 0 Å². The molecule has 0 radical (unpaired) electrons. The molecule has 3 aromatic carbocycles. The molecule has 0 spiro atoms. The van der Waals surface area contributed by atoms with Gasteiger partial charge in [-0.25, -0.2) is 0 Å². The molecule has 0 saturated carbocycles. The summed E-state index contributed by atoms with van der Waals surface area (Å²) in [6.07, 6.45) is 0.908. The van der Waals surface area contributed by atoms with E-state index in [0.29, 0.717) is 16.5 Å². The minimum absolute atomic E-state index is 0.104. The first-order valence-electron chi connectivity index (χ1n) is 9.92. The molecule has 1 aliphatic heterocycles. The standard InChI is InChI=1S/C25H17Br2NO3/c1-2-14-3-10-18(11-4-14)28-22(15-5-7-16(26)8-6-15)21-23(29)19-13-17(27)9-12-20(19)31-24(21)25(28)30/h3-13,22H,2H2,1H3. The molecule has 154 valence electrons. The monoisotopic (exact) mass is 537 g/mol. The van der Waals surface area contributed by atoms with Crippen LogP contribution in [0.1, 0.15) is 40.2 Å². The van der Waals surface area contributed by atoms with Crippen molar-refractivity contribution in [2.75, 3.05) is 4.90 Å². The highest BCUT2D eigenvalue weighted by molar-refractivity contribution is 9.10. The van der Waals surface area contributed by atoms with Crippen molar-refractivity contribution in [3.05, 3.63) is 108 Å². The Labute approximate surface area is 195 Å². The quantitative estimate of drug-likeness (QED) is 0.294. The second kappa shape index (κ2) is 7.77. The van der Waals surface area contributed by atoms with Crippen molar-refractivity contribution in [3.8, 4) is 0 Å². The molecule has 0 saturated heterocycles. The zero-order valence-electron chi connectivity index (χ0n) is 16.6. The molecule has 0 bridgehead atoms. The molecular weight excluding hydrogens is 522 g/mol. The number of carbonyl (C=O) groups is 1. The Morgan fingerprint density at radius 3 is 2.26 bits per heavy atom. The van der Waals surface area contributed by atoms with Crippen LogP contribution in [-0.4, -0.2) is 5.91 Å². The molecular formula is C25H17Br2NO3. The Kier molecular flexibility index (Phi) is 5.07. The van der Waals surface area contributed by atoms with Crippen molar-refractivity contribution in [2.24, 2.45) is 0 Å². The average molecular weight is 539 g/mol. The van der Waals surface area contributed by atoms with E-state index in [2.05, 4.69) is 38.8 Å². The second-order valence-corrected chi connectivity index (χ2v) is 9.30. The molecule has 6 heteroatoms. The molecule has 0 aliphatic carbocycles. The van der Waals surface area contributed by atoms with Crippen LogP contribution in [0.3, 0.4) is 0 Å². The Bertz CT molecular complexity index is 1380. The molecule has 1 aromatic heterocycles. The summed E-state index contributed by atoms with van der Waals surface area (Å²) >= 11 is 6.89. The van der Waals surface area contributed by atoms with Crippen LogP contribution in [0.15, 0.2) is 84.9 Å². The molecule has 31 heavy (non-hydrogen) atoms. The lowest BCUT2D eigenvalue weighted by molar-refractivity contribution is 0.0971. The predicted molar refractivity (Wildman–Crippen MR) is 129 cm³/mol. The van der Waals surface area contributed by atoms with Gasteiger partial charge in [-0.2, -0.15) is 0 Å². The normalized spacial score (nSPS) is 15.5. The van der Waals surface area contributed by atoms with Crippen LogP contribution in [-0.2, 0) is 6.42 Å². The number of hydrogen-bond acceptors (Lipinski definition) is 3. The lowest BCUT2D eigenvalue weighted by atomic mass is 9.98. The largest absolute Gasteiger partial charge is 0.450 e. The van der Waals surface area contributed by atoms with Crippen LogP contribution in [0, 0.1) is 0 Å². The molecule has 1 unspecified atom stereocenters. The van der Waals surface area contributed by atoms with Gasteiger partial charge in [0.15, 0.2) is 5.43 Å². The molecule has 4 nitrogen and oxygen atoms in total. The number of amides is 1. The summed E-state index contributed by atoms with van der Waals surface area (Å²) in [5.74, 6) is -0.207. The zero-order chi connectivity index (χ0) is 21.7. The summed E-state index contributed by atoms with van der Waals surface area (Å²) in [7, 11) is 0. The maximum Gasteiger partial charge on any atom is 0.295 e. The third kappa shape index (κ3) is 3.34. The van der Waals surface area contributed by atoms with Gasteiger partial charge in [0.1, 0.15) is 5.58 Å². The Hall–Kier alpha value is -2.70. The van der Waals surface area contributed by atoms with Gasteiger partial charge in [0.05, 0.1) is 17.0 Å². The number of benzene rings is 3. The number of fused-ring (bicyclic) bond motifs is 2. The van der Waals surface area contributed by atoms with Crippen LogP contribution < -0.4 is 10.3 Å². The maximum absolute atomic E-state index is 13.6. The number of carbonyl (C=O) groups excluding carboxylic acids is 1. The third-order valence-corrected chi connectivity index (χ3v) is 6.66. The first kappa shape index (κ1) is 20.2. The number of anilines is 1. The van der Waals surface area contributed by atoms with Crippen molar-refractivity contribution in [3.63, 3.8) is 0 Å². The van der Waals surface area contributed by atoms with Gasteiger partial charge in [0.25, 0.3) is 5.91 Å². The van der Waals surface area contributed by atoms with E-state index < -0.39 is 6.04 Å². The fraction of sp³-hybridized carbons (Fsp3) is 0.120. The van der Waals surface area contributed by atoms with Crippen molar-refractivity contribution in [2.45, 2.75) is 19.4 Å². The van der Waals surface area contributed by atoms with E-state index in [9.17, 15) is 9.59 Å².